The summed E-state index contributed by atoms with van der Waals surface area (Å²) in [4.78, 5) is 46.4. The number of amides is 1. The normalized spacial score (nSPS) is 23.6. The van der Waals surface area contributed by atoms with Crippen LogP contribution in [-0.4, -0.2) is 29.6 Å². The highest BCUT2D eigenvalue weighted by Crippen LogP contribution is 2.58. The second kappa shape index (κ2) is 10.1. The first-order chi connectivity index (χ1) is 20.3. The number of hydrogen-bond donors (Lipinski definition) is 1. The minimum atomic E-state index is -1.32. The van der Waals surface area contributed by atoms with Crippen molar-refractivity contribution in [3.8, 4) is 0 Å². The Kier molecular flexibility index (Phi) is 6.44. The third-order valence-corrected chi connectivity index (χ3v) is 9.91. The Hall–Kier alpha value is -4.00. The van der Waals surface area contributed by atoms with E-state index < -0.39 is 23.4 Å². The molecule has 1 spiro atoms. The number of ketones is 2. The van der Waals surface area contributed by atoms with Crippen molar-refractivity contribution in [2.75, 3.05) is 10.2 Å². The predicted molar refractivity (Wildman–Crippen MR) is 169 cm³/mol. The first kappa shape index (κ1) is 26.9. The number of carbonyl (C=O) groups is 3. The SMILES string of the molecule is CC(C)Cc1ccc(C(=O)C2C(C(=O)c3cccs3)N3c4ccc(Cl)cc4C=CC3C23C(=O)Nc2ccccc23)cc1. The van der Waals surface area contributed by atoms with Crippen LogP contribution in [0.3, 0.4) is 0 Å². The maximum Gasteiger partial charge on any atom is 0.238 e. The van der Waals surface area contributed by atoms with Gasteiger partial charge in [-0.1, -0.05) is 86.1 Å². The van der Waals surface area contributed by atoms with Crippen LogP contribution in [-0.2, 0) is 16.6 Å². The zero-order chi connectivity index (χ0) is 29.2. The van der Waals surface area contributed by atoms with Crippen LogP contribution < -0.4 is 10.2 Å². The molecule has 1 saturated heterocycles. The highest BCUT2D eigenvalue weighted by Gasteiger charge is 2.70. The van der Waals surface area contributed by atoms with Gasteiger partial charge in [0.05, 0.1) is 16.8 Å². The van der Waals surface area contributed by atoms with E-state index in [-0.39, 0.29) is 17.5 Å². The van der Waals surface area contributed by atoms with Crippen molar-refractivity contribution in [2.24, 2.45) is 11.8 Å². The molecule has 4 atom stereocenters. The van der Waals surface area contributed by atoms with Crippen LogP contribution in [0.4, 0.5) is 11.4 Å². The summed E-state index contributed by atoms with van der Waals surface area (Å²) in [5.41, 5.74) is 3.35. The molecule has 3 aromatic carbocycles. The van der Waals surface area contributed by atoms with E-state index in [4.69, 9.17) is 11.6 Å². The molecule has 3 aliphatic heterocycles. The highest BCUT2D eigenvalue weighted by atomic mass is 35.5. The van der Waals surface area contributed by atoms with E-state index in [1.165, 1.54) is 11.3 Å². The van der Waals surface area contributed by atoms with Gasteiger partial charge in [-0.05, 0) is 64.7 Å². The fourth-order valence-electron chi connectivity index (χ4n) is 7.17. The number of halogens is 1. The lowest BCUT2D eigenvalue weighted by molar-refractivity contribution is -0.121. The first-order valence-corrected chi connectivity index (χ1v) is 15.4. The lowest BCUT2D eigenvalue weighted by Crippen LogP contribution is -2.51. The van der Waals surface area contributed by atoms with Crippen LogP contribution in [0.25, 0.3) is 6.08 Å². The highest BCUT2D eigenvalue weighted by molar-refractivity contribution is 7.12. The predicted octanol–water partition coefficient (Wildman–Crippen LogP) is 7.46. The number of nitrogens with one attached hydrogen (secondary N) is 1. The largest absolute Gasteiger partial charge is 0.352 e. The fourth-order valence-corrected chi connectivity index (χ4v) is 8.05. The van der Waals surface area contributed by atoms with Crippen LogP contribution >= 0.6 is 22.9 Å². The molecule has 1 N–H and O–H groups in total. The number of carbonyl (C=O) groups excluding carboxylic acids is 3. The molecule has 0 saturated carbocycles. The molecule has 7 heteroatoms. The number of rotatable bonds is 6. The molecular formula is C35H29ClN2O3S. The van der Waals surface area contributed by atoms with E-state index in [1.807, 2.05) is 89.2 Å². The van der Waals surface area contributed by atoms with Gasteiger partial charge in [-0.15, -0.1) is 11.3 Å². The lowest BCUT2D eigenvalue weighted by Gasteiger charge is -2.37. The van der Waals surface area contributed by atoms with E-state index in [0.717, 1.165) is 28.8 Å². The molecule has 0 radical (unpaired) electrons. The smallest absolute Gasteiger partial charge is 0.238 e. The van der Waals surface area contributed by atoms with Crippen molar-refractivity contribution in [2.45, 2.75) is 37.8 Å². The third-order valence-electron chi connectivity index (χ3n) is 8.79. The van der Waals surface area contributed by atoms with Gasteiger partial charge in [0, 0.05) is 22.0 Å². The van der Waals surface area contributed by atoms with Crippen LogP contribution in [0.15, 0.2) is 90.3 Å². The molecule has 4 heterocycles. The third kappa shape index (κ3) is 3.92. The molecule has 0 aliphatic carbocycles. The summed E-state index contributed by atoms with van der Waals surface area (Å²) in [6.07, 6.45) is 4.82. The van der Waals surface area contributed by atoms with Gasteiger partial charge in [0.25, 0.3) is 0 Å². The van der Waals surface area contributed by atoms with Gasteiger partial charge in [0.15, 0.2) is 11.6 Å². The maximum atomic E-state index is 14.9. The number of para-hydroxylation sites is 1. The topological polar surface area (TPSA) is 66.5 Å². The summed E-state index contributed by atoms with van der Waals surface area (Å²) in [6.45, 7) is 4.32. The molecule has 1 amide bonds. The van der Waals surface area contributed by atoms with E-state index in [0.29, 0.717) is 27.1 Å². The van der Waals surface area contributed by atoms with Gasteiger partial charge in [-0.3, -0.25) is 14.4 Å². The van der Waals surface area contributed by atoms with E-state index >= 15 is 0 Å². The Morgan fingerprint density at radius 2 is 1.79 bits per heavy atom. The zero-order valence-electron chi connectivity index (χ0n) is 23.2. The Morgan fingerprint density at radius 3 is 2.52 bits per heavy atom. The van der Waals surface area contributed by atoms with Crippen molar-refractivity contribution in [3.05, 3.63) is 122 Å². The quantitative estimate of drug-likeness (QED) is 0.236. The molecule has 1 aromatic heterocycles. The Labute approximate surface area is 253 Å². The van der Waals surface area contributed by atoms with Gasteiger partial charge in [-0.2, -0.15) is 0 Å². The van der Waals surface area contributed by atoms with Gasteiger partial charge in [0.1, 0.15) is 11.5 Å². The number of benzene rings is 3. The number of fused-ring (bicyclic) bond motifs is 6. The minimum Gasteiger partial charge on any atom is -0.352 e. The van der Waals surface area contributed by atoms with E-state index in [9.17, 15) is 14.4 Å². The number of anilines is 2. The molecule has 4 aromatic rings. The molecule has 1 fully saturated rings. The van der Waals surface area contributed by atoms with Crippen LogP contribution in [0.5, 0.6) is 0 Å². The average Bonchev–Trinajstić information content (AvgIpc) is 3.69. The summed E-state index contributed by atoms with van der Waals surface area (Å²) in [6, 6.07) is 22.9. The van der Waals surface area contributed by atoms with Gasteiger partial charge in [-0.25, -0.2) is 0 Å². The Bertz CT molecular complexity index is 1760. The Morgan fingerprint density at radius 1 is 1.00 bits per heavy atom. The van der Waals surface area contributed by atoms with E-state index in [1.54, 1.807) is 12.1 Å². The molecule has 3 aliphatic rings. The standard InChI is InChI=1S/C35H29ClN2O3S/c1-20(2)18-21-9-11-22(12-10-21)32(39)30-31(33(40)28-8-5-17-42-28)38-27-15-14-24(36)19-23(27)13-16-29(38)35(30)25-6-3-4-7-26(25)37-34(35)41/h3-17,19-20,29-31H,18H2,1-2H3,(H,37,41). The second-order valence-electron chi connectivity index (χ2n) is 11.7. The Balaban J connectivity index is 1.48. The lowest BCUT2D eigenvalue weighted by atomic mass is 9.64. The molecular weight excluding hydrogens is 564 g/mol. The summed E-state index contributed by atoms with van der Waals surface area (Å²) >= 11 is 7.73. The summed E-state index contributed by atoms with van der Waals surface area (Å²) in [7, 11) is 0. The number of Topliss-reactive ketones (excluding diaryl/α,β-unsaturated/α-hetero) is 2. The van der Waals surface area contributed by atoms with Gasteiger partial charge >= 0.3 is 0 Å². The molecule has 5 nitrogen and oxygen atoms in total. The van der Waals surface area contributed by atoms with Crippen molar-refractivity contribution >= 4 is 57.9 Å². The summed E-state index contributed by atoms with van der Waals surface area (Å²) < 4.78 is 0. The van der Waals surface area contributed by atoms with Crippen molar-refractivity contribution in [1.82, 2.24) is 0 Å². The minimum absolute atomic E-state index is 0.171. The monoisotopic (exact) mass is 592 g/mol. The van der Waals surface area contributed by atoms with Crippen molar-refractivity contribution < 1.29 is 14.4 Å². The van der Waals surface area contributed by atoms with Crippen molar-refractivity contribution in [1.29, 1.82) is 0 Å². The summed E-state index contributed by atoms with van der Waals surface area (Å²) in [5, 5.41) is 5.51. The summed E-state index contributed by atoms with van der Waals surface area (Å²) in [5.74, 6) is -1.16. The maximum absolute atomic E-state index is 14.9. The average molecular weight is 593 g/mol. The molecule has 210 valence electrons. The molecule has 7 rings (SSSR count). The van der Waals surface area contributed by atoms with Gasteiger partial charge in [0.2, 0.25) is 5.91 Å². The number of hydrogen-bond acceptors (Lipinski definition) is 5. The van der Waals surface area contributed by atoms with E-state index in [2.05, 4.69) is 19.2 Å². The van der Waals surface area contributed by atoms with Crippen LogP contribution in [0.1, 0.15) is 50.6 Å². The van der Waals surface area contributed by atoms with Crippen LogP contribution in [0, 0.1) is 11.8 Å². The molecule has 0 bridgehead atoms. The second-order valence-corrected chi connectivity index (χ2v) is 13.1. The fraction of sp³-hybridized carbons (Fsp3) is 0.229. The molecule has 4 unspecified atom stereocenters. The number of nitrogens with zero attached hydrogens (tertiary/aromatic N) is 1. The zero-order valence-corrected chi connectivity index (χ0v) is 24.8. The molecule has 42 heavy (non-hydrogen) atoms. The number of thiophene rings is 1. The van der Waals surface area contributed by atoms with Crippen molar-refractivity contribution in [3.63, 3.8) is 0 Å². The van der Waals surface area contributed by atoms with Crippen LogP contribution in [0.2, 0.25) is 5.02 Å². The first-order valence-electron chi connectivity index (χ1n) is 14.2. The van der Waals surface area contributed by atoms with Gasteiger partial charge < -0.3 is 10.2 Å².